The van der Waals surface area contributed by atoms with Crippen LogP contribution in [0.2, 0.25) is 0 Å². The molecule has 2 atom stereocenters. The summed E-state index contributed by atoms with van der Waals surface area (Å²) >= 11 is 0. The molecule has 0 unspecified atom stereocenters. The maximum atomic E-state index is 9.20. The number of rotatable bonds is 8. The minimum atomic E-state index is -0.468. The van der Waals surface area contributed by atoms with Crippen LogP contribution in [0.1, 0.15) is 25.0 Å². The molecule has 2 aromatic carbocycles. The monoisotopic (exact) mass is 316 g/mol. The van der Waals surface area contributed by atoms with E-state index >= 15 is 0 Å². The zero-order chi connectivity index (χ0) is 16.7. The Balaban J connectivity index is 1.88. The molecule has 0 aromatic heterocycles. The molecule has 0 amide bonds. The van der Waals surface area contributed by atoms with Gasteiger partial charge in [0.25, 0.3) is 0 Å². The maximum absolute atomic E-state index is 9.20. The average molecular weight is 316 g/mol. The summed E-state index contributed by atoms with van der Waals surface area (Å²) < 4.78 is 10.9. The van der Waals surface area contributed by atoms with Crippen LogP contribution in [0.15, 0.2) is 48.5 Å². The number of hydrogen-bond acceptors (Lipinski definition) is 4. The summed E-state index contributed by atoms with van der Waals surface area (Å²) in [5.74, 6) is 1.52. The van der Waals surface area contributed by atoms with E-state index in [2.05, 4.69) is 0 Å². The van der Waals surface area contributed by atoms with Crippen molar-refractivity contribution < 1.29 is 19.7 Å². The second-order valence-corrected chi connectivity index (χ2v) is 5.78. The van der Waals surface area contributed by atoms with Crippen LogP contribution in [-0.2, 0) is 6.42 Å². The highest BCUT2D eigenvalue weighted by atomic mass is 16.5. The Labute approximate surface area is 137 Å². The van der Waals surface area contributed by atoms with Crippen molar-refractivity contribution in [3.05, 3.63) is 59.7 Å². The van der Waals surface area contributed by atoms with Gasteiger partial charge in [0.05, 0.1) is 12.2 Å². The molecule has 0 bridgehead atoms. The molecule has 0 radical (unpaired) electrons. The maximum Gasteiger partial charge on any atom is 0.119 e. The quantitative estimate of drug-likeness (QED) is 0.786. The molecule has 0 aliphatic rings. The van der Waals surface area contributed by atoms with Crippen molar-refractivity contribution in [2.45, 2.75) is 32.5 Å². The number of ether oxygens (including phenoxy) is 2. The van der Waals surface area contributed by atoms with Crippen molar-refractivity contribution in [2.75, 3.05) is 13.2 Å². The minimum Gasteiger partial charge on any atom is -0.491 e. The second kappa shape index (κ2) is 8.56. The molecule has 23 heavy (non-hydrogen) atoms. The van der Waals surface area contributed by atoms with E-state index in [1.807, 2.05) is 48.5 Å². The normalized spacial score (nSPS) is 13.4. The SMILES string of the molecule is C[C@H](O)COc1ccc(Cc2ccc(OC[C@H](C)O)cc2)cc1. The molecule has 0 aliphatic carbocycles. The molecular weight excluding hydrogens is 292 g/mol. The second-order valence-electron chi connectivity index (χ2n) is 5.78. The van der Waals surface area contributed by atoms with Gasteiger partial charge in [-0.05, 0) is 55.7 Å². The summed E-state index contributed by atoms with van der Waals surface area (Å²) in [5, 5.41) is 18.4. The van der Waals surface area contributed by atoms with Gasteiger partial charge in [-0.15, -0.1) is 0 Å². The Bertz CT molecular complexity index is 520. The molecule has 124 valence electrons. The molecular formula is C19H24O4. The van der Waals surface area contributed by atoms with Gasteiger partial charge in [-0.3, -0.25) is 0 Å². The van der Waals surface area contributed by atoms with Gasteiger partial charge < -0.3 is 19.7 Å². The summed E-state index contributed by atoms with van der Waals surface area (Å²) in [4.78, 5) is 0. The molecule has 2 N–H and O–H groups in total. The Morgan fingerprint density at radius 2 is 1.04 bits per heavy atom. The standard InChI is InChI=1S/C19H24O4/c1-14(20)12-22-18-7-3-16(4-8-18)11-17-5-9-19(10-6-17)23-13-15(2)21/h3-10,14-15,20-21H,11-13H2,1-2H3/t14-,15-/m0/s1. The number of aliphatic hydroxyl groups is 2. The third-order valence-electron chi connectivity index (χ3n) is 3.24. The number of hydrogen-bond donors (Lipinski definition) is 2. The van der Waals surface area contributed by atoms with Gasteiger partial charge in [0.1, 0.15) is 24.7 Å². The van der Waals surface area contributed by atoms with E-state index in [0.717, 1.165) is 17.9 Å². The van der Waals surface area contributed by atoms with Gasteiger partial charge in [-0.2, -0.15) is 0 Å². The van der Waals surface area contributed by atoms with Crippen molar-refractivity contribution in [1.82, 2.24) is 0 Å². The van der Waals surface area contributed by atoms with Crippen LogP contribution < -0.4 is 9.47 Å². The zero-order valence-electron chi connectivity index (χ0n) is 13.6. The van der Waals surface area contributed by atoms with Crippen LogP contribution >= 0.6 is 0 Å². The van der Waals surface area contributed by atoms with E-state index in [0.29, 0.717) is 13.2 Å². The molecule has 4 heteroatoms. The minimum absolute atomic E-state index is 0.299. The highest BCUT2D eigenvalue weighted by Crippen LogP contribution is 2.18. The summed E-state index contributed by atoms with van der Waals surface area (Å²) in [6.45, 7) is 3.99. The summed E-state index contributed by atoms with van der Waals surface area (Å²) in [7, 11) is 0. The first-order chi connectivity index (χ1) is 11.0. The van der Waals surface area contributed by atoms with Crippen molar-refractivity contribution in [1.29, 1.82) is 0 Å². The highest BCUT2D eigenvalue weighted by Gasteiger charge is 2.02. The summed E-state index contributed by atoms with van der Waals surface area (Å²) in [6.07, 6.45) is -0.110. The van der Waals surface area contributed by atoms with Crippen LogP contribution in [0.3, 0.4) is 0 Å². The molecule has 2 aromatic rings. The Morgan fingerprint density at radius 1 is 0.696 bits per heavy atom. The lowest BCUT2D eigenvalue weighted by Crippen LogP contribution is -2.12. The van der Waals surface area contributed by atoms with Crippen LogP contribution in [0, 0.1) is 0 Å². The van der Waals surface area contributed by atoms with Gasteiger partial charge in [-0.1, -0.05) is 24.3 Å². The van der Waals surface area contributed by atoms with Gasteiger partial charge in [0, 0.05) is 0 Å². The first kappa shape index (κ1) is 17.3. The number of benzene rings is 2. The van der Waals surface area contributed by atoms with Crippen molar-refractivity contribution in [3.8, 4) is 11.5 Å². The van der Waals surface area contributed by atoms with Gasteiger partial charge >= 0.3 is 0 Å². The number of aliphatic hydroxyl groups excluding tert-OH is 2. The third-order valence-corrected chi connectivity index (χ3v) is 3.24. The Morgan fingerprint density at radius 3 is 1.35 bits per heavy atom. The van der Waals surface area contributed by atoms with Crippen LogP contribution in [0.25, 0.3) is 0 Å². The van der Waals surface area contributed by atoms with Crippen LogP contribution in [-0.4, -0.2) is 35.6 Å². The van der Waals surface area contributed by atoms with Crippen molar-refractivity contribution in [2.24, 2.45) is 0 Å². The molecule has 2 rings (SSSR count). The lowest BCUT2D eigenvalue weighted by molar-refractivity contribution is 0.122. The molecule has 0 spiro atoms. The van der Waals surface area contributed by atoms with Gasteiger partial charge in [-0.25, -0.2) is 0 Å². The fraction of sp³-hybridized carbons (Fsp3) is 0.368. The molecule has 4 nitrogen and oxygen atoms in total. The van der Waals surface area contributed by atoms with E-state index in [-0.39, 0.29) is 0 Å². The van der Waals surface area contributed by atoms with E-state index in [1.54, 1.807) is 13.8 Å². The van der Waals surface area contributed by atoms with Gasteiger partial charge in [0.2, 0.25) is 0 Å². The lowest BCUT2D eigenvalue weighted by Gasteiger charge is -2.10. The molecule has 0 aliphatic heterocycles. The van der Waals surface area contributed by atoms with Crippen LogP contribution in [0.4, 0.5) is 0 Å². The van der Waals surface area contributed by atoms with Gasteiger partial charge in [0.15, 0.2) is 0 Å². The largest absolute Gasteiger partial charge is 0.491 e. The molecule has 0 saturated carbocycles. The molecule has 0 saturated heterocycles. The summed E-state index contributed by atoms with van der Waals surface area (Å²) in [6, 6.07) is 15.8. The predicted molar refractivity (Wildman–Crippen MR) is 90.0 cm³/mol. The molecule has 0 fully saturated rings. The van der Waals surface area contributed by atoms with Crippen molar-refractivity contribution >= 4 is 0 Å². The fourth-order valence-corrected chi connectivity index (χ4v) is 2.08. The highest BCUT2D eigenvalue weighted by molar-refractivity contribution is 5.34. The smallest absolute Gasteiger partial charge is 0.119 e. The van der Waals surface area contributed by atoms with Crippen molar-refractivity contribution in [3.63, 3.8) is 0 Å². The van der Waals surface area contributed by atoms with E-state index < -0.39 is 12.2 Å². The topological polar surface area (TPSA) is 58.9 Å². The predicted octanol–water partition coefficient (Wildman–Crippen LogP) is 2.80. The first-order valence-electron chi connectivity index (χ1n) is 7.82. The average Bonchev–Trinajstić information content (AvgIpc) is 2.53. The van der Waals surface area contributed by atoms with E-state index in [4.69, 9.17) is 9.47 Å². The molecule has 0 heterocycles. The zero-order valence-corrected chi connectivity index (χ0v) is 13.6. The van der Waals surface area contributed by atoms with E-state index in [9.17, 15) is 10.2 Å². The Hall–Kier alpha value is -2.04. The fourth-order valence-electron chi connectivity index (χ4n) is 2.08. The van der Waals surface area contributed by atoms with E-state index in [1.165, 1.54) is 11.1 Å². The summed E-state index contributed by atoms with van der Waals surface area (Å²) in [5.41, 5.74) is 2.37. The Kier molecular flexibility index (Phi) is 6.44. The lowest BCUT2D eigenvalue weighted by atomic mass is 10.0. The third kappa shape index (κ3) is 6.30. The van der Waals surface area contributed by atoms with Crippen LogP contribution in [0.5, 0.6) is 11.5 Å². The first-order valence-corrected chi connectivity index (χ1v) is 7.82.